The van der Waals surface area contributed by atoms with Gasteiger partial charge in [0.15, 0.2) is 5.69 Å². The first-order valence-corrected chi connectivity index (χ1v) is 6.00. The van der Waals surface area contributed by atoms with Crippen molar-refractivity contribution < 1.29 is 13.2 Å². The van der Waals surface area contributed by atoms with Gasteiger partial charge in [-0.25, -0.2) is 4.98 Å². The molecular weight excluding hydrogens is 293 g/mol. The molecule has 0 aliphatic carbocycles. The third-order valence-electron chi connectivity index (χ3n) is 2.94. The fourth-order valence-electron chi connectivity index (χ4n) is 2.01. The van der Waals surface area contributed by atoms with Gasteiger partial charge in [0, 0.05) is 17.3 Å². The normalized spacial score (nSPS) is 12.2. The standard InChI is InChI=1S/C12H8ClF3N4/c1-6-18-10(12(14,15)16)5-20(6)8-2-7-4-17-19-11(7)9(13)3-8/h2-5H,1H3,(H,17,19). The Labute approximate surface area is 116 Å². The molecule has 0 fully saturated rings. The van der Waals surface area contributed by atoms with Gasteiger partial charge in [-0.1, -0.05) is 11.6 Å². The molecular formula is C12H8ClF3N4. The molecule has 1 aromatic carbocycles. The number of imidazole rings is 1. The average Bonchev–Trinajstić information content (AvgIpc) is 2.94. The van der Waals surface area contributed by atoms with Crippen LogP contribution in [0.5, 0.6) is 0 Å². The molecule has 0 unspecified atom stereocenters. The van der Waals surface area contributed by atoms with Crippen LogP contribution in [0, 0.1) is 6.92 Å². The number of nitrogens with one attached hydrogen (secondary N) is 1. The predicted molar refractivity (Wildman–Crippen MR) is 68.0 cm³/mol. The fourth-order valence-corrected chi connectivity index (χ4v) is 2.27. The molecule has 0 saturated heterocycles. The van der Waals surface area contributed by atoms with Gasteiger partial charge in [-0.2, -0.15) is 18.3 Å². The summed E-state index contributed by atoms with van der Waals surface area (Å²) < 4.78 is 39.3. The summed E-state index contributed by atoms with van der Waals surface area (Å²) in [5, 5.41) is 7.68. The summed E-state index contributed by atoms with van der Waals surface area (Å²) in [4.78, 5) is 3.53. The molecule has 8 heteroatoms. The minimum absolute atomic E-state index is 0.233. The molecule has 3 rings (SSSR count). The number of hydrogen-bond acceptors (Lipinski definition) is 2. The molecule has 4 nitrogen and oxygen atoms in total. The maximum Gasteiger partial charge on any atom is 0.434 e. The second kappa shape index (κ2) is 4.24. The molecule has 0 amide bonds. The molecule has 0 aliphatic heterocycles. The topological polar surface area (TPSA) is 46.5 Å². The van der Waals surface area contributed by atoms with Crippen molar-refractivity contribution in [1.29, 1.82) is 0 Å². The Hall–Kier alpha value is -2.02. The second-order valence-corrected chi connectivity index (χ2v) is 4.71. The number of alkyl halides is 3. The molecule has 2 aromatic heterocycles. The van der Waals surface area contributed by atoms with Gasteiger partial charge in [-0.05, 0) is 19.1 Å². The van der Waals surface area contributed by atoms with Crippen LogP contribution < -0.4 is 0 Å². The molecule has 0 atom stereocenters. The second-order valence-electron chi connectivity index (χ2n) is 4.30. The quantitative estimate of drug-likeness (QED) is 0.744. The van der Waals surface area contributed by atoms with E-state index in [2.05, 4.69) is 15.2 Å². The summed E-state index contributed by atoms with van der Waals surface area (Å²) in [6.45, 7) is 1.50. The number of benzene rings is 1. The fraction of sp³-hybridized carbons (Fsp3) is 0.167. The molecule has 0 radical (unpaired) electrons. The van der Waals surface area contributed by atoms with Gasteiger partial charge in [-0.15, -0.1) is 0 Å². The van der Waals surface area contributed by atoms with Crippen molar-refractivity contribution in [2.24, 2.45) is 0 Å². The lowest BCUT2D eigenvalue weighted by molar-refractivity contribution is -0.141. The van der Waals surface area contributed by atoms with E-state index in [1.165, 1.54) is 11.5 Å². The minimum atomic E-state index is -4.47. The number of aromatic amines is 1. The van der Waals surface area contributed by atoms with E-state index in [9.17, 15) is 13.2 Å². The highest BCUT2D eigenvalue weighted by molar-refractivity contribution is 6.35. The summed E-state index contributed by atoms with van der Waals surface area (Å²) in [6, 6.07) is 3.26. The van der Waals surface area contributed by atoms with E-state index in [1.807, 2.05) is 0 Å². The van der Waals surface area contributed by atoms with Crippen LogP contribution in [-0.4, -0.2) is 19.7 Å². The first-order chi connectivity index (χ1) is 9.36. The number of rotatable bonds is 1. The smallest absolute Gasteiger partial charge is 0.303 e. The van der Waals surface area contributed by atoms with Crippen molar-refractivity contribution in [3.63, 3.8) is 0 Å². The number of hydrogen-bond donors (Lipinski definition) is 1. The van der Waals surface area contributed by atoms with Gasteiger partial charge in [0.25, 0.3) is 0 Å². The Morgan fingerprint density at radius 2 is 2.05 bits per heavy atom. The van der Waals surface area contributed by atoms with E-state index in [0.717, 1.165) is 6.20 Å². The zero-order valence-corrected chi connectivity index (χ0v) is 10.9. The average molecular weight is 301 g/mol. The Morgan fingerprint density at radius 3 is 2.70 bits per heavy atom. The predicted octanol–water partition coefficient (Wildman–Crippen LogP) is 3.73. The maximum absolute atomic E-state index is 12.7. The van der Waals surface area contributed by atoms with E-state index in [0.29, 0.717) is 21.6 Å². The third kappa shape index (κ3) is 2.03. The van der Waals surface area contributed by atoms with Gasteiger partial charge in [0.2, 0.25) is 0 Å². The zero-order valence-electron chi connectivity index (χ0n) is 10.2. The Balaban J connectivity index is 2.18. The highest BCUT2D eigenvalue weighted by atomic mass is 35.5. The van der Waals surface area contributed by atoms with Gasteiger partial charge in [0.05, 0.1) is 16.7 Å². The Morgan fingerprint density at radius 1 is 1.30 bits per heavy atom. The van der Waals surface area contributed by atoms with E-state index in [-0.39, 0.29) is 5.82 Å². The van der Waals surface area contributed by atoms with Crippen molar-refractivity contribution in [2.45, 2.75) is 13.1 Å². The van der Waals surface area contributed by atoms with Gasteiger partial charge < -0.3 is 4.57 Å². The lowest BCUT2D eigenvalue weighted by atomic mass is 10.2. The van der Waals surface area contributed by atoms with Crippen LogP contribution in [0.2, 0.25) is 5.02 Å². The molecule has 20 heavy (non-hydrogen) atoms. The van der Waals surface area contributed by atoms with Crippen LogP contribution in [0.15, 0.2) is 24.5 Å². The summed E-state index contributed by atoms with van der Waals surface area (Å²) in [6.07, 6.45) is -1.96. The lowest BCUT2D eigenvalue weighted by Gasteiger charge is -2.06. The number of halogens is 4. The van der Waals surface area contributed by atoms with Crippen molar-refractivity contribution >= 4 is 22.5 Å². The third-order valence-corrected chi connectivity index (χ3v) is 3.23. The maximum atomic E-state index is 12.7. The van der Waals surface area contributed by atoms with Gasteiger partial charge >= 0.3 is 6.18 Å². The number of H-pyrrole nitrogens is 1. The largest absolute Gasteiger partial charge is 0.434 e. The molecule has 0 saturated carbocycles. The summed E-state index contributed by atoms with van der Waals surface area (Å²) >= 11 is 6.08. The number of aryl methyl sites for hydroxylation is 1. The molecule has 0 aliphatic rings. The highest BCUT2D eigenvalue weighted by Gasteiger charge is 2.34. The van der Waals surface area contributed by atoms with Gasteiger partial charge in [0.1, 0.15) is 5.82 Å². The lowest BCUT2D eigenvalue weighted by Crippen LogP contribution is -2.04. The van der Waals surface area contributed by atoms with E-state index >= 15 is 0 Å². The summed E-state index contributed by atoms with van der Waals surface area (Å²) in [5.41, 5.74) is 0.215. The monoisotopic (exact) mass is 300 g/mol. The molecule has 0 bridgehead atoms. The van der Waals surface area contributed by atoms with Crippen LogP contribution in [0.25, 0.3) is 16.6 Å². The zero-order chi connectivity index (χ0) is 14.5. The Bertz CT molecular complexity index is 788. The van der Waals surface area contributed by atoms with Crippen LogP contribution in [0.4, 0.5) is 13.2 Å². The Kier molecular flexibility index (Phi) is 2.75. The summed E-state index contributed by atoms with van der Waals surface area (Å²) in [7, 11) is 0. The van der Waals surface area contributed by atoms with Crippen LogP contribution in [-0.2, 0) is 6.18 Å². The molecule has 1 N–H and O–H groups in total. The van der Waals surface area contributed by atoms with Crippen LogP contribution in [0.3, 0.4) is 0 Å². The first kappa shape index (κ1) is 13.0. The highest BCUT2D eigenvalue weighted by Crippen LogP contribution is 2.31. The molecule has 0 spiro atoms. The van der Waals surface area contributed by atoms with E-state index < -0.39 is 11.9 Å². The number of aromatic nitrogens is 4. The molecule has 2 heterocycles. The molecule has 3 aromatic rings. The SMILES string of the molecule is Cc1nc(C(F)(F)F)cn1-c1cc(Cl)c2[nH]ncc2c1. The van der Waals surface area contributed by atoms with Crippen molar-refractivity contribution in [3.8, 4) is 5.69 Å². The van der Waals surface area contributed by atoms with Crippen LogP contribution >= 0.6 is 11.6 Å². The molecule has 104 valence electrons. The minimum Gasteiger partial charge on any atom is -0.303 e. The summed E-state index contributed by atoms with van der Waals surface area (Å²) in [5.74, 6) is 0.233. The first-order valence-electron chi connectivity index (χ1n) is 5.62. The van der Waals surface area contributed by atoms with Crippen LogP contribution in [0.1, 0.15) is 11.5 Å². The number of fused-ring (bicyclic) bond motifs is 1. The van der Waals surface area contributed by atoms with Crippen molar-refractivity contribution in [2.75, 3.05) is 0 Å². The number of nitrogens with zero attached hydrogens (tertiary/aromatic N) is 3. The van der Waals surface area contributed by atoms with Crippen molar-refractivity contribution in [3.05, 3.63) is 41.1 Å². The van der Waals surface area contributed by atoms with Crippen molar-refractivity contribution in [1.82, 2.24) is 19.7 Å². The van der Waals surface area contributed by atoms with E-state index in [1.54, 1.807) is 18.3 Å². The van der Waals surface area contributed by atoms with E-state index in [4.69, 9.17) is 11.6 Å². The van der Waals surface area contributed by atoms with Gasteiger partial charge in [-0.3, -0.25) is 5.10 Å².